The molecule has 0 radical (unpaired) electrons. The van der Waals surface area contributed by atoms with E-state index in [2.05, 4.69) is 115 Å². The quantitative estimate of drug-likeness (QED) is 0.311. The average Bonchev–Trinajstić information content (AvgIpc) is 2.81. The molecule has 0 heterocycles. The summed E-state index contributed by atoms with van der Waals surface area (Å²) in [6.45, 7) is 8.21. The zero-order valence-corrected chi connectivity index (χ0v) is 16.3. The Morgan fingerprint density at radius 1 is 0.586 bits per heavy atom. The number of benzene rings is 4. The van der Waals surface area contributed by atoms with Gasteiger partial charge in [0.1, 0.15) is 0 Å². The van der Waals surface area contributed by atoms with Gasteiger partial charge in [-0.15, -0.1) is 0 Å². The van der Waals surface area contributed by atoms with Crippen molar-refractivity contribution in [2.75, 3.05) is 4.90 Å². The summed E-state index contributed by atoms with van der Waals surface area (Å²) < 4.78 is 0. The van der Waals surface area contributed by atoms with Crippen LogP contribution in [0.25, 0.3) is 22.3 Å². The SMILES string of the molecule is C=CC(=C)N(c1ccc(-c2ccccc2)cc1)c1ccccc1-c1ccccc1. The highest BCUT2D eigenvalue weighted by Crippen LogP contribution is 2.38. The van der Waals surface area contributed by atoms with E-state index in [9.17, 15) is 0 Å². The molecule has 0 aliphatic heterocycles. The van der Waals surface area contributed by atoms with Gasteiger partial charge in [0.25, 0.3) is 0 Å². The van der Waals surface area contributed by atoms with Crippen LogP contribution in [0.15, 0.2) is 134 Å². The minimum atomic E-state index is 0.834. The third-order valence-corrected chi connectivity index (χ3v) is 4.99. The van der Waals surface area contributed by atoms with Crippen LogP contribution in [0.1, 0.15) is 0 Å². The molecule has 29 heavy (non-hydrogen) atoms. The lowest BCUT2D eigenvalue weighted by atomic mass is 10.0. The molecular formula is C28H23N. The Hall–Kier alpha value is -3.84. The number of hydrogen-bond donors (Lipinski definition) is 0. The van der Waals surface area contributed by atoms with Crippen molar-refractivity contribution < 1.29 is 0 Å². The largest absolute Gasteiger partial charge is 0.310 e. The van der Waals surface area contributed by atoms with Crippen LogP contribution in [-0.4, -0.2) is 0 Å². The standard InChI is InChI=1S/C28H23N/c1-3-22(2)29(26-20-18-24(19-21-26)23-12-6-4-7-13-23)28-17-11-10-16-27(28)25-14-8-5-9-15-25/h3-21H,1-2H2. The topological polar surface area (TPSA) is 3.24 Å². The molecule has 0 spiro atoms. The van der Waals surface area contributed by atoms with Crippen LogP contribution in [0.3, 0.4) is 0 Å². The molecule has 0 aliphatic rings. The van der Waals surface area contributed by atoms with E-state index < -0.39 is 0 Å². The van der Waals surface area contributed by atoms with Gasteiger partial charge in [-0.25, -0.2) is 0 Å². The van der Waals surface area contributed by atoms with E-state index in [1.165, 1.54) is 16.7 Å². The first-order valence-electron chi connectivity index (χ1n) is 9.69. The monoisotopic (exact) mass is 373 g/mol. The highest BCUT2D eigenvalue weighted by atomic mass is 15.1. The van der Waals surface area contributed by atoms with Gasteiger partial charge in [-0.05, 0) is 41.0 Å². The maximum atomic E-state index is 4.25. The van der Waals surface area contributed by atoms with Crippen molar-refractivity contribution in [3.63, 3.8) is 0 Å². The summed E-state index contributed by atoms with van der Waals surface area (Å²) in [5.41, 5.74) is 7.69. The highest BCUT2D eigenvalue weighted by molar-refractivity contribution is 5.85. The van der Waals surface area contributed by atoms with Gasteiger partial charge in [0, 0.05) is 16.9 Å². The van der Waals surface area contributed by atoms with Gasteiger partial charge in [0.2, 0.25) is 0 Å². The molecule has 4 aromatic carbocycles. The first kappa shape index (κ1) is 18.5. The molecule has 0 fully saturated rings. The van der Waals surface area contributed by atoms with E-state index in [4.69, 9.17) is 0 Å². The van der Waals surface area contributed by atoms with E-state index in [1.54, 1.807) is 6.08 Å². The zero-order chi connectivity index (χ0) is 20.1. The molecule has 0 bridgehead atoms. The van der Waals surface area contributed by atoms with Gasteiger partial charge in [-0.2, -0.15) is 0 Å². The van der Waals surface area contributed by atoms with Crippen LogP contribution in [0, 0.1) is 0 Å². The maximum Gasteiger partial charge on any atom is 0.0539 e. The molecule has 1 heteroatoms. The molecular weight excluding hydrogens is 350 g/mol. The van der Waals surface area contributed by atoms with Crippen molar-refractivity contribution in [2.45, 2.75) is 0 Å². The summed E-state index contributed by atoms with van der Waals surface area (Å²) in [5.74, 6) is 0. The molecule has 0 aromatic heterocycles. The highest BCUT2D eigenvalue weighted by Gasteiger charge is 2.16. The fourth-order valence-corrected chi connectivity index (χ4v) is 3.51. The van der Waals surface area contributed by atoms with E-state index >= 15 is 0 Å². The predicted molar refractivity (Wildman–Crippen MR) is 125 cm³/mol. The molecule has 0 atom stereocenters. The van der Waals surface area contributed by atoms with Crippen molar-refractivity contribution in [1.29, 1.82) is 0 Å². The van der Waals surface area contributed by atoms with E-state index in [0.717, 1.165) is 22.6 Å². The van der Waals surface area contributed by atoms with Crippen LogP contribution in [0.2, 0.25) is 0 Å². The molecule has 0 N–H and O–H groups in total. The van der Waals surface area contributed by atoms with Gasteiger partial charge in [0.15, 0.2) is 0 Å². The van der Waals surface area contributed by atoms with Crippen LogP contribution in [-0.2, 0) is 0 Å². The van der Waals surface area contributed by atoms with Crippen LogP contribution in [0.4, 0.5) is 11.4 Å². The van der Waals surface area contributed by atoms with Crippen molar-refractivity contribution >= 4 is 11.4 Å². The minimum Gasteiger partial charge on any atom is -0.310 e. The predicted octanol–water partition coefficient (Wildman–Crippen LogP) is 7.86. The molecule has 4 rings (SSSR count). The maximum absolute atomic E-state index is 4.25. The van der Waals surface area contributed by atoms with Crippen molar-refractivity contribution in [3.05, 3.63) is 134 Å². The van der Waals surface area contributed by atoms with Gasteiger partial charge >= 0.3 is 0 Å². The first-order chi connectivity index (χ1) is 14.3. The molecule has 0 saturated carbocycles. The molecule has 0 saturated heterocycles. The number of allylic oxidation sites excluding steroid dienone is 1. The Morgan fingerprint density at radius 2 is 1.10 bits per heavy atom. The lowest BCUT2D eigenvalue weighted by Crippen LogP contribution is -2.15. The molecule has 0 aliphatic carbocycles. The van der Waals surface area contributed by atoms with Crippen molar-refractivity contribution in [3.8, 4) is 22.3 Å². The van der Waals surface area contributed by atoms with Gasteiger partial charge in [-0.3, -0.25) is 0 Å². The van der Waals surface area contributed by atoms with Crippen molar-refractivity contribution in [1.82, 2.24) is 0 Å². The number of para-hydroxylation sites is 1. The van der Waals surface area contributed by atoms with Gasteiger partial charge in [0.05, 0.1) is 5.69 Å². The van der Waals surface area contributed by atoms with Gasteiger partial charge < -0.3 is 4.90 Å². The number of nitrogens with zero attached hydrogens (tertiary/aromatic N) is 1. The Labute approximate surface area is 172 Å². The normalized spacial score (nSPS) is 10.3. The molecule has 1 nitrogen and oxygen atoms in total. The summed E-state index contributed by atoms with van der Waals surface area (Å²) in [7, 11) is 0. The fraction of sp³-hybridized carbons (Fsp3) is 0. The second kappa shape index (κ2) is 8.45. The molecule has 0 amide bonds. The number of anilines is 2. The lowest BCUT2D eigenvalue weighted by Gasteiger charge is -2.28. The Balaban J connectivity index is 1.79. The summed E-state index contributed by atoms with van der Waals surface area (Å²) in [5, 5.41) is 0. The Kier molecular flexibility index (Phi) is 5.40. The lowest BCUT2D eigenvalue weighted by molar-refractivity contribution is 1.22. The van der Waals surface area contributed by atoms with Crippen LogP contribution < -0.4 is 4.90 Å². The Bertz CT molecular complexity index is 1110. The van der Waals surface area contributed by atoms with Crippen LogP contribution in [0.5, 0.6) is 0 Å². The van der Waals surface area contributed by atoms with E-state index in [0.29, 0.717) is 0 Å². The molecule has 140 valence electrons. The second-order valence-electron chi connectivity index (χ2n) is 6.83. The molecule has 4 aromatic rings. The van der Waals surface area contributed by atoms with Crippen molar-refractivity contribution in [2.24, 2.45) is 0 Å². The smallest absolute Gasteiger partial charge is 0.0539 e. The summed E-state index contributed by atoms with van der Waals surface area (Å²) >= 11 is 0. The third-order valence-electron chi connectivity index (χ3n) is 4.99. The first-order valence-corrected chi connectivity index (χ1v) is 9.69. The molecule has 0 unspecified atom stereocenters. The summed E-state index contributed by atoms with van der Waals surface area (Å²) in [6.07, 6.45) is 1.80. The van der Waals surface area contributed by atoms with E-state index in [1.807, 2.05) is 12.1 Å². The fourth-order valence-electron chi connectivity index (χ4n) is 3.51. The number of rotatable bonds is 6. The third kappa shape index (κ3) is 3.90. The Morgan fingerprint density at radius 3 is 1.72 bits per heavy atom. The average molecular weight is 373 g/mol. The van der Waals surface area contributed by atoms with Crippen LogP contribution >= 0.6 is 0 Å². The second-order valence-corrected chi connectivity index (χ2v) is 6.83. The number of hydrogen-bond acceptors (Lipinski definition) is 1. The van der Waals surface area contributed by atoms with Gasteiger partial charge in [-0.1, -0.05) is 104 Å². The minimum absolute atomic E-state index is 0.834. The zero-order valence-electron chi connectivity index (χ0n) is 16.3. The van der Waals surface area contributed by atoms with E-state index in [-0.39, 0.29) is 0 Å². The summed E-state index contributed by atoms with van der Waals surface area (Å²) in [4.78, 5) is 2.16. The summed E-state index contributed by atoms with van der Waals surface area (Å²) in [6, 6.07) is 37.8.